The lowest BCUT2D eigenvalue weighted by Gasteiger charge is -2.28. The average molecular weight is 531 g/mol. The first-order chi connectivity index (χ1) is 16.9. The maximum Gasteiger partial charge on any atom is 0.300 e. The van der Waals surface area contributed by atoms with Gasteiger partial charge >= 0.3 is 10.1 Å². The second kappa shape index (κ2) is 11.3. The number of hydrogen-bond acceptors (Lipinski definition) is 4. The summed E-state index contributed by atoms with van der Waals surface area (Å²) < 4.78 is 96.3. The van der Waals surface area contributed by atoms with E-state index in [1.807, 2.05) is 13.8 Å². The number of ether oxygens (including phenoxy) is 1. The third kappa shape index (κ3) is 5.59. The molecule has 0 spiro atoms. The van der Waals surface area contributed by atoms with E-state index < -0.39 is 44.0 Å². The molecule has 1 fully saturated rings. The van der Waals surface area contributed by atoms with E-state index in [-0.39, 0.29) is 23.4 Å². The van der Waals surface area contributed by atoms with E-state index in [1.54, 1.807) is 12.1 Å². The van der Waals surface area contributed by atoms with Gasteiger partial charge in [0.05, 0.1) is 0 Å². The predicted octanol–water partition coefficient (Wildman–Crippen LogP) is 7.83. The smallest absolute Gasteiger partial charge is 0.300 e. The van der Waals surface area contributed by atoms with Crippen LogP contribution in [0.4, 0.5) is 17.6 Å². The van der Waals surface area contributed by atoms with Crippen LogP contribution >= 0.6 is 0 Å². The van der Waals surface area contributed by atoms with Crippen molar-refractivity contribution in [3.05, 3.63) is 52.1 Å². The van der Waals surface area contributed by atoms with Crippen LogP contribution in [0.25, 0.3) is 0 Å². The van der Waals surface area contributed by atoms with Gasteiger partial charge in [0.2, 0.25) is 17.4 Å². The third-order valence-electron chi connectivity index (χ3n) is 6.81. The van der Waals surface area contributed by atoms with Crippen LogP contribution in [0.1, 0.15) is 105 Å². The second-order valence-corrected chi connectivity index (χ2v) is 10.6. The van der Waals surface area contributed by atoms with Crippen LogP contribution in [-0.4, -0.2) is 18.8 Å². The summed E-state index contributed by atoms with van der Waals surface area (Å²) in [6.45, 7) is 5.27. The zero-order chi connectivity index (χ0) is 26.8. The minimum Gasteiger partial charge on any atom is -0.450 e. The first kappa shape index (κ1) is 28.1. The number of ketones is 1. The van der Waals surface area contributed by atoms with Gasteiger partial charge in [-0.1, -0.05) is 39.5 Å². The SMILES string of the molecule is CCCC(CC)c1cc(C(C)=O)cc(C2CCCCC2)c1Oc1c(F)c(F)c(S(=O)(=O)O)c(F)c1F. The number of hydrogen-bond donors (Lipinski definition) is 1. The standard InChI is InChI=1S/C26H30F4O5S/c1-4-9-15(5-2)18-12-17(14(3)31)13-19(16-10-7-6-8-11-16)24(18)35-25-20(27)22(29)26(36(32,33)34)23(30)21(25)28/h12-13,15-16H,4-11H2,1-3H3,(H,32,33,34). The van der Waals surface area contributed by atoms with E-state index in [0.717, 1.165) is 38.5 Å². The summed E-state index contributed by atoms with van der Waals surface area (Å²) in [5.41, 5.74) is 1.41. The first-order valence-electron chi connectivity index (χ1n) is 12.1. The Morgan fingerprint density at radius 1 is 1.00 bits per heavy atom. The lowest BCUT2D eigenvalue weighted by molar-refractivity contribution is 0.101. The van der Waals surface area contributed by atoms with Crippen molar-refractivity contribution >= 4 is 15.9 Å². The molecule has 1 N–H and O–H groups in total. The van der Waals surface area contributed by atoms with Gasteiger partial charge in [-0.25, -0.2) is 8.78 Å². The number of Topliss-reactive ketones (excluding diaryl/α,β-unsaturated/α-hetero) is 1. The summed E-state index contributed by atoms with van der Waals surface area (Å²) in [7, 11) is -5.60. The normalized spacial score (nSPS) is 15.7. The fourth-order valence-electron chi connectivity index (χ4n) is 4.95. The van der Waals surface area contributed by atoms with Crippen LogP contribution in [-0.2, 0) is 10.1 Å². The fraction of sp³-hybridized carbons (Fsp3) is 0.500. The Balaban J connectivity index is 2.32. The van der Waals surface area contributed by atoms with Gasteiger partial charge in [-0.15, -0.1) is 0 Å². The Kier molecular flexibility index (Phi) is 8.82. The summed E-state index contributed by atoms with van der Waals surface area (Å²) in [5.74, 6) is -10.7. The first-order valence-corrected chi connectivity index (χ1v) is 13.6. The molecule has 1 aliphatic rings. The number of rotatable bonds is 9. The molecule has 3 rings (SSSR count). The maximum absolute atomic E-state index is 14.9. The molecule has 0 radical (unpaired) electrons. The van der Waals surface area contributed by atoms with Crippen molar-refractivity contribution in [2.45, 2.75) is 88.9 Å². The van der Waals surface area contributed by atoms with E-state index in [2.05, 4.69) is 0 Å². The quantitative estimate of drug-likeness (QED) is 0.155. The lowest BCUT2D eigenvalue weighted by Crippen LogP contribution is -2.14. The topological polar surface area (TPSA) is 80.7 Å². The molecule has 0 amide bonds. The van der Waals surface area contributed by atoms with Crippen molar-refractivity contribution in [2.24, 2.45) is 0 Å². The Morgan fingerprint density at radius 2 is 1.58 bits per heavy atom. The van der Waals surface area contributed by atoms with E-state index >= 15 is 0 Å². The van der Waals surface area contributed by atoms with Crippen LogP contribution in [0, 0.1) is 23.3 Å². The van der Waals surface area contributed by atoms with Crippen molar-refractivity contribution in [3.8, 4) is 11.5 Å². The lowest BCUT2D eigenvalue weighted by atomic mass is 9.79. The summed E-state index contributed by atoms with van der Waals surface area (Å²) in [6, 6.07) is 3.19. The van der Waals surface area contributed by atoms with Gasteiger partial charge in [0.25, 0.3) is 0 Å². The van der Waals surface area contributed by atoms with Gasteiger partial charge in [0.1, 0.15) is 5.75 Å². The number of benzene rings is 2. The molecule has 1 atom stereocenters. The van der Waals surface area contributed by atoms with Gasteiger partial charge < -0.3 is 4.74 Å². The Bertz CT molecular complexity index is 1200. The Labute approximate surface area is 208 Å². The van der Waals surface area contributed by atoms with Crippen molar-refractivity contribution in [1.82, 2.24) is 0 Å². The minimum atomic E-state index is -5.60. The zero-order valence-electron chi connectivity index (χ0n) is 20.5. The molecule has 1 unspecified atom stereocenters. The molecule has 36 heavy (non-hydrogen) atoms. The van der Waals surface area contributed by atoms with Crippen LogP contribution < -0.4 is 4.74 Å². The fourth-order valence-corrected chi connectivity index (χ4v) is 5.59. The molecule has 2 aromatic rings. The molecular formula is C26H30F4O5S. The number of halogens is 4. The number of carbonyl (C=O) groups is 1. The molecule has 0 aliphatic heterocycles. The van der Waals surface area contributed by atoms with E-state index in [4.69, 9.17) is 9.29 Å². The monoisotopic (exact) mass is 530 g/mol. The minimum absolute atomic E-state index is 0.0170. The third-order valence-corrected chi connectivity index (χ3v) is 7.69. The maximum atomic E-state index is 14.9. The average Bonchev–Trinajstić information content (AvgIpc) is 2.83. The molecule has 0 aromatic heterocycles. The van der Waals surface area contributed by atoms with Crippen LogP contribution in [0.5, 0.6) is 11.5 Å². The van der Waals surface area contributed by atoms with Crippen molar-refractivity contribution in [3.63, 3.8) is 0 Å². The van der Waals surface area contributed by atoms with Crippen molar-refractivity contribution in [1.29, 1.82) is 0 Å². The van der Waals surface area contributed by atoms with E-state index in [1.165, 1.54) is 6.92 Å². The molecule has 1 aliphatic carbocycles. The molecule has 10 heteroatoms. The molecule has 5 nitrogen and oxygen atoms in total. The van der Waals surface area contributed by atoms with Gasteiger partial charge in [0.15, 0.2) is 22.3 Å². The highest BCUT2D eigenvalue weighted by Gasteiger charge is 2.35. The largest absolute Gasteiger partial charge is 0.450 e. The highest BCUT2D eigenvalue weighted by molar-refractivity contribution is 7.85. The van der Waals surface area contributed by atoms with Gasteiger partial charge in [0, 0.05) is 5.56 Å². The van der Waals surface area contributed by atoms with Gasteiger partial charge in [-0.2, -0.15) is 17.2 Å². The second-order valence-electron chi connectivity index (χ2n) is 9.26. The summed E-state index contributed by atoms with van der Waals surface area (Å²) in [4.78, 5) is 10.2. The summed E-state index contributed by atoms with van der Waals surface area (Å²) >= 11 is 0. The van der Waals surface area contributed by atoms with Crippen LogP contribution in [0.15, 0.2) is 17.0 Å². The molecule has 2 aromatic carbocycles. The van der Waals surface area contributed by atoms with Gasteiger partial charge in [-0.05, 0) is 67.7 Å². The van der Waals surface area contributed by atoms with Crippen LogP contribution in [0.3, 0.4) is 0 Å². The van der Waals surface area contributed by atoms with Crippen LogP contribution in [0.2, 0.25) is 0 Å². The van der Waals surface area contributed by atoms with Gasteiger partial charge in [-0.3, -0.25) is 9.35 Å². The molecule has 0 heterocycles. The molecule has 0 bridgehead atoms. The zero-order valence-corrected chi connectivity index (χ0v) is 21.3. The highest BCUT2D eigenvalue weighted by Crippen LogP contribution is 2.46. The van der Waals surface area contributed by atoms with E-state index in [9.17, 15) is 30.8 Å². The highest BCUT2D eigenvalue weighted by atomic mass is 32.2. The Hall–Kier alpha value is -2.46. The van der Waals surface area contributed by atoms with Crippen molar-refractivity contribution in [2.75, 3.05) is 0 Å². The molecule has 1 saturated carbocycles. The van der Waals surface area contributed by atoms with E-state index in [0.29, 0.717) is 29.5 Å². The summed E-state index contributed by atoms with van der Waals surface area (Å²) in [5, 5.41) is 0. The van der Waals surface area contributed by atoms with Crippen molar-refractivity contribution < 1.29 is 40.1 Å². The molecule has 198 valence electrons. The summed E-state index contributed by atoms with van der Waals surface area (Å²) in [6.07, 6.45) is 6.29. The predicted molar refractivity (Wildman–Crippen MR) is 126 cm³/mol. The number of carbonyl (C=O) groups excluding carboxylic acids is 1. The molecular weight excluding hydrogens is 500 g/mol. The molecule has 0 saturated heterocycles. The Morgan fingerprint density at radius 3 is 2.06 bits per heavy atom.